The summed E-state index contributed by atoms with van der Waals surface area (Å²) in [5.41, 5.74) is 0. The molecule has 0 rings (SSSR count). The quantitative estimate of drug-likeness (QED) is 0.394. The molecule has 0 aliphatic carbocycles. The third-order valence-electron chi connectivity index (χ3n) is 0. The Morgan fingerprint density at radius 2 is 0.800 bits per heavy atom. The van der Waals surface area contributed by atoms with Crippen molar-refractivity contribution >= 4 is 137 Å². The Kier molecular flexibility index (Phi) is 168. The van der Waals surface area contributed by atoms with Gasteiger partial charge in [-0.15, -0.1) is 24.8 Å². The molecule has 0 spiro atoms. The van der Waals surface area contributed by atoms with Crippen LogP contribution in [-0.2, 0) is 0 Å². The fourth-order valence-electron chi connectivity index (χ4n) is 0. The average molecular weight is 181 g/mol. The van der Waals surface area contributed by atoms with Gasteiger partial charge in [0.15, 0.2) is 0 Å². The zero-order valence-electron chi connectivity index (χ0n) is 0.816. The van der Waals surface area contributed by atoms with Crippen LogP contribution >= 0.6 is 24.8 Å². The summed E-state index contributed by atoms with van der Waals surface area (Å²) in [4.78, 5) is 0. The Morgan fingerprint density at radius 3 is 0.800 bits per heavy atom. The first kappa shape index (κ1) is 34.9. The normalized spacial score (nSPS) is 0. The van der Waals surface area contributed by atoms with Crippen LogP contribution in [0, 0.1) is 0 Å². The minimum atomic E-state index is 0. The van der Waals surface area contributed by atoms with E-state index in [1.807, 2.05) is 0 Å². The maximum atomic E-state index is 0. The van der Waals surface area contributed by atoms with Crippen molar-refractivity contribution in [3.8, 4) is 0 Å². The monoisotopic (exact) mass is 180 g/mol. The average Bonchev–Trinajstić information content (AvgIpc) is 0. The summed E-state index contributed by atoms with van der Waals surface area (Å²) in [7, 11) is 0. The van der Waals surface area contributed by atoms with E-state index in [4.69, 9.17) is 0 Å². The van der Waals surface area contributed by atoms with Crippen LogP contribution in [-0.4, -0.2) is 112 Å². The van der Waals surface area contributed by atoms with Gasteiger partial charge in [-0.2, -0.15) is 0 Å². The Morgan fingerprint density at radius 1 is 0.800 bits per heavy atom. The first-order chi connectivity index (χ1) is 0. The summed E-state index contributed by atoms with van der Waals surface area (Å²) in [6.45, 7) is 0. The second kappa shape index (κ2) is 24.0. The van der Waals surface area contributed by atoms with Crippen LogP contribution in [0.15, 0.2) is 0 Å². The Hall–Kier alpha value is 4.24. The van der Waals surface area contributed by atoms with Crippen molar-refractivity contribution < 1.29 is 0 Å². The Labute approximate surface area is 133 Å². The van der Waals surface area contributed by atoms with E-state index in [1.54, 1.807) is 0 Å². The maximum Gasteiger partial charge on any atom is 0.316 e. The molecule has 26 valence electrons. The van der Waals surface area contributed by atoms with Crippen LogP contribution in [0.2, 0.25) is 0 Å². The molecular weight excluding hydrogens is 174 g/mol. The van der Waals surface area contributed by atoms with Crippen molar-refractivity contribution in [1.82, 2.24) is 0 Å². The molecule has 0 nitrogen and oxygen atoms in total. The zero-order chi connectivity index (χ0) is 0. The van der Waals surface area contributed by atoms with Crippen molar-refractivity contribution in [2.45, 2.75) is 0 Å². The number of hydrogen-bond acceptors (Lipinski definition) is 0. The predicted octanol–water partition coefficient (Wildman–Crippen LogP) is -1.64. The first-order valence-electron chi connectivity index (χ1n) is 0. The molecule has 0 aromatic rings. The molecule has 5 heavy (non-hydrogen) atoms. The van der Waals surface area contributed by atoms with Crippen LogP contribution in [0.5, 0.6) is 0 Å². The third-order valence-corrected chi connectivity index (χ3v) is 0. The fraction of sp³-hybridized carbons (Fsp3) is 0. The summed E-state index contributed by atoms with van der Waals surface area (Å²) in [6.07, 6.45) is 0. The van der Waals surface area contributed by atoms with Gasteiger partial charge >= 0.3 is 112 Å². The van der Waals surface area contributed by atoms with E-state index in [9.17, 15) is 0 Å². The third kappa shape index (κ3) is 17.8. The molecule has 0 aliphatic rings. The van der Waals surface area contributed by atoms with Crippen LogP contribution in [0.4, 0.5) is 0 Å². The molecule has 0 bridgehead atoms. The predicted molar refractivity (Wildman–Crippen MR) is 38.7 cm³/mol. The van der Waals surface area contributed by atoms with Crippen LogP contribution in [0.3, 0.4) is 0 Å². The summed E-state index contributed by atoms with van der Waals surface area (Å²) >= 11 is 0. The first-order valence-corrected chi connectivity index (χ1v) is 0. The molecule has 0 amide bonds. The topological polar surface area (TPSA) is 0 Å². The molecule has 0 saturated heterocycles. The van der Waals surface area contributed by atoms with Gasteiger partial charge in [0.2, 0.25) is 0 Å². The van der Waals surface area contributed by atoms with Gasteiger partial charge in [0.1, 0.15) is 0 Å². The van der Waals surface area contributed by atoms with Gasteiger partial charge in [-0.3, -0.25) is 0 Å². The van der Waals surface area contributed by atoms with E-state index in [0.717, 1.165) is 0 Å². The van der Waals surface area contributed by atoms with E-state index in [0.29, 0.717) is 0 Å². The van der Waals surface area contributed by atoms with Crippen molar-refractivity contribution in [2.75, 3.05) is 0 Å². The molecule has 0 saturated carbocycles. The van der Waals surface area contributed by atoms with E-state index >= 15 is 0 Å². The number of rotatable bonds is 0. The maximum absolute atomic E-state index is 0. The molecule has 0 aromatic carbocycles. The summed E-state index contributed by atoms with van der Waals surface area (Å²) < 4.78 is 0. The van der Waals surface area contributed by atoms with Crippen LogP contribution in [0.25, 0.3) is 0 Å². The molecule has 5 heteroatoms. The van der Waals surface area contributed by atoms with Crippen molar-refractivity contribution in [3.05, 3.63) is 0 Å². The minimum Gasteiger partial charge on any atom is 0.316 e. The van der Waals surface area contributed by atoms with Gasteiger partial charge in [-0.05, 0) is 0 Å². The summed E-state index contributed by atoms with van der Waals surface area (Å²) in [6, 6.07) is 0. The zero-order valence-corrected chi connectivity index (χ0v) is 2.45. The molecule has 0 fully saturated rings. The molecule has 0 aliphatic heterocycles. The van der Waals surface area contributed by atoms with Crippen LogP contribution < -0.4 is 0 Å². The fourth-order valence-corrected chi connectivity index (χ4v) is 0. The van der Waals surface area contributed by atoms with Crippen molar-refractivity contribution in [1.29, 1.82) is 0 Å². The molecular formula is H7CaCl2KMg. The van der Waals surface area contributed by atoms with E-state index in [2.05, 4.69) is 0 Å². The standard InChI is InChI=1S/Ca.2ClH.K.Mg.5H/h;2*1H;;;;;;;. The molecule has 0 heterocycles. The number of halogens is 2. The van der Waals surface area contributed by atoms with Crippen molar-refractivity contribution in [2.24, 2.45) is 0 Å². The van der Waals surface area contributed by atoms with E-state index in [-0.39, 0.29) is 137 Å². The Balaban J connectivity index is 0. The molecule has 0 atom stereocenters. The Bertz CT molecular complexity index is 9.61. The van der Waals surface area contributed by atoms with Gasteiger partial charge in [-0.25, -0.2) is 0 Å². The second-order valence-corrected chi connectivity index (χ2v) is 0. The molecule has 0 aromatic heterocycles. The second-order valence-electron chi connectivity index (χ2n) is 0. The van der Waals surface area contributed by atoms with Gasteiger partial charge in [0.05, 0.1) is 0 Å². The van der Waals surface area contributed by atoms with E-state index < -0.39 is 0 Å². The largest absolute Gasteiger partial charge is 0.316 e. The number of hydrogen-bond donors (Lipinski definition) is 0. The van der Waals surface area contributed by atoms with Crippen molar-refractivity contribution in [3.63, 3.8) is 0 Å². The minimum absolute atomic E-state index is 0. The van der Waals surface area contributed by atoms with E-state index in [1.165, 1.54) is 0 Å². The van der Waals surface area contributed by atoms with Crippen LogP contribution in [0.1, 0.15) is 0 Å². The van der Waals surface area contributed by atoms with Gasteiger partial charge in [0, 0.05) is 0 Å². The molecule has 0 N–H and O–H groups in total. The summed E-state index contributed by atoms with van der Waals surface area (Å²) in [5.74, 6) is 0. The van der Waals surface area contributed by atoms with Gasteiger partial charge < -0.3 is 0 Å². The van der Waals surface area contributed by atoms with Gasteiger partial charge in [-0.1, -0.05) is 0 Å². The SMILES string of the molecule is Cl.Cl.[CaH2].[KH].[MgH2]. The summed E-state index contributed by atoms with van der Waals surface area (Å²) in [5, 5.41) is 0. The molecule has 0 unspecified atom stereocenters. The molecule has 0 radical (unpaired) electrons. The van der Waals surface area contributed by atoms with Gasteiger partial charge in [0.25, 0.3) is 0 Å². The smallest absolute Gasteiger partial charge is 0.316 e.